The predicted molar refractivity (Wildman–Crippen MR) is 97.4 cm³/mol. The van der Waals surface area contributed by atoms with Gasteiger partial charge in [0.05, 0.1) is 15.9 Å². The lowest BCUT2D eigenvalue weighted by Gasteiger charge is -2.23. The van der Waals surface area contributed by atoms with Crippen LogP contribution in [0.3, 0.4) is 0 Å². The number of nitro groups is 2. The van der Waals surface area contributed by atoms with Crippen LogP contribution >= 0.6 is 23.2 Å². The number of nitrogens with one attached hydrogen (secondary N) is 1. The lowest BCUT2D eigenvalue weighted by molar-refractivity contribution is -0.393. The number of alkyl halides is 2. The van der Waals surface area contributed by atoms with Gasteiger partial charge in [-0.2, -0.15) is 0 Å². The molecule has 0 spiro atoms. The third-order valence-corrected chi connectivity index (χ3v) is 3.74. The average molecular weight is 409 g/mol. The van der Waals surface area contributed by atoms with Crippen molar-refractivity contribution < 1.29 is 19.7 Å². The Balaban J connectivity index is 3.47. The lowest BCUT2D eigenvalue weighted by Crippen LogP contribution is -2.30. The molecule has 1 rings (SSSR count). The van der Waals surface area contributed by atoms with Crippen LogP contribution in [0.2, 0.25) is 0 Å². The molecule has 2 N–H and O–H groups in total. The second kappa shape index (κ2) is 10.7. The minimum Gasteiger partial charge on any atom is -0.396 e. The highest BCUT2D eigenvalue weighted by atomic mass is 35.5. The van der Waals surface area contributed by atoms with E-state index in [0.29, 0.717) is 0 Å². The van der Waals surface area contributed by atoms with E-state index >= 15 is 0 Å². The van der Waals surface area contributed by atoms with E-state index in [2.05, 4.69) is 5.32 Å². The molecule has 0 aliphatic heterocycles. The maximum atomic E-state index is 12.3. The Kier molecular flexibility index (Phi) is 9.03. The van der Waals surface area contributed by atoms with Crippen LogP contribution in [0.1, 0.15) is 16.8 Å². The summed E-state index contributed by atoms with van der Waals surface area (Å²) in [5, 5.41) is 33.8. The number of carbonyl (C=O) groups is 1. The molecule has 0 aromatic heterocycles. The van der Waals surface area contributed by atoms with Gasteiger partial charge in [0.25, 0.3) is 17.3 Å². The molecule has 144 valence electrons. The predicted octanol–water partition coefficient (Wildman–Crippen LogP) is 1.90. The van der Waals surface area contributed by atoms with E-state index < -0.39 is 27.1 Å². The first-order valence-electron chi connectivity index (χ1n) is 7.60. The molecule has 0 aliphatic carbocycles. The number of nitrogens with zero attached hydrogens (tertiary/aromatic N) is 3. The number of anilines is 1. The highest BCUT2D eigenvalue weighted by molar-refractivity contribution is 6.18. The molecule has 12 heteroatoms. The average Bonchev–Trinajstić information content (AvgIpc) is 2.60. The molecule has 1 aromatic carbocycles. The van der Waals surface area contributed by atoms with Crippen LogP contribution in [0.5, 0.6) is 0 Å². The Hall–Kier alpha value is -2.17. The van der Waals surface area contributed by atoms with Crippen molar-refractivity contribution in [1.82, 2.24) is 5.32 Å². The van der Waals surface area contributed by atoms with Gasteiger partial charge in [-0.25, -0.2) is 0 Å². The quantitative estimate of drug-likeness (QED) is 0.246. The molecule has 26 heavy (non-hydrogen) atoms. The first-order valence-corrected chi connectivity index (χ1v) is 8.67. The summed E-state index contributed by atoms with van der Waals surface area (Å²) in [5.74, 6) is -0.482. The van der Waals surface area contributed by atoms with E-state index in [4.69, 9.17) is 28.3 Å². The molecule has 0 saturated carbocycles. The second-order valence-corrected chi connectivity index (χ2v) is 5.83. The normalized spacial score (nSPS) is 10.4. The van der Waals surface area contributed by atoms with Gasteiger partial charge >= 0.3 is 0 Å². The van der Waals surface area contributed by atoms with Gasteiger partial charge in [-0.1, -0.05) is 0 Å². The third-order valence-electron chi connectivity index (χ3n) is 3.40. The number of rotatable bonds is 11. The number of benzene rings is 1. The first-order chi connectivity index (χ1) is 12.4. The summed E-state index contributed by atoms with van der Waals surface area (Å²) in [7, 11) is 0. The SMILES string of the molecule is O=C(NCCCO)c1cc(N(CCCl)CCCl)c([N+](=O)[O-])cc1[N+](=O)[O-]. The van der Waals surface area contributed by atoms with Crippen molar-refractivity contribution in [3.63, 3.8) is 0 Å². The maximum absolute atomic E-state index is 12.3. The van der Waals surface area contributed by atoms with Gasteiger partial charge in [-0.15, -0.1) is 23.2 Å². The zero-order valence-corrected chi connectivity index (χ0v) is 15.2. The zero-order chi connectivity index (χ0) is 19.7. The number of halogens is 2. The van der Waals surface area contributed by atoms with Crippen LogP contribution in [-0.4, -0.2) is 58.9 Å². The van der Waals surface area contributed by atoms with Gasteiger partial charge in [-0.05, 0) is 12.5 Å². The summed E-state index contributed by atoms with van der Waals surface area (Å²) in [4.78, 5) is 34.8. The number of aliphatic hydroxyl groups is 1. The summed E-state index contributed by atoms with van der Waals surface area (Å²) in [6.07, 6.45) is 0.268. The number of carbonyl (C=O) groups excluding carboxylic acids is 1. The summed E-state index contributed by atoms with van der Waals surface area (Å²) in [6.45, 7) is 0.357. The van der Waals surface area contributed by atoms with Crippen molar-refractivity contribution in [3.05, 3.63) is 37.9 Å². The van der Waals surface area contributed by atoms with Crippen LogP contribution in [0, 0.1) is 20.2 Å². The van der Waals surface area contributed by atoms with Gasteiger partial charge in [0.1, 0.15) is 11.3 Å². The van der Waals surface area contributed by atoms with Crippen LogP contribution in [-0.2, 0) is 0 Å². The number of amides is 1. The third kappa shape index (κ3) is 5.68. The van der Waals surface area contributed by atoms with Crippen LogP contribution in [0.15, 0.2) is 12.1 Å². The van der Waals surface area contributed by atoms with Gasteiger partial charge in [0.2, 0.25) is 0 Å². The van der Waals surface area contributed by atoms with Crippen molar-refractivity contribution in [1.29, 1.82) is 0 Å². The topological polar surface area (TPSA) is 139 Å². The zero-order valence-electron chi connectivity index (χ0n) is 13.7. The van der Waals surface area contributed by atoms with Crippen molar-refractivity contribution in [2.24, 2.45) is 0 Å². The van der Waals surface area contributed by atoms with Gasteiger partial charge in [0, 0.05) is 38.0 Å². The number of hydrogen-bond donors (Lipinski definition) is 2. The highest BCUT2D eigenvalue weighted by Crippen LogP contribution is 2.35. The molecule has 0 atom stereocenters. The molecular weight excluding hydrogens is 391 g/mol. The Morgan fingerprint density at radius 2 is 1.69 bits per heavy atom. The molecule has 0 heterocycles. The molecule has 1 aromatic rings. The van der Waals surface area contributed by atoms with Crippen molar-refractivity contribution >= 4 is 46.2 Å². The van der Waals surface area contributed by atoms with Crippen molar-refractivity contribution in [2.75, 3.05) is 42.9 Å². The molecule has 0 fully saturated rings. The Morgan fingerprint density at radius 3 is 2.15 bits per heavy atom. The van der Waals surface area contributed by atoms with E-state index in [1.807, 2.05) is 0 Å². The van der Waals surface area contributed by atoms with Crippen LogP contribution in [0.4, 0.5) is 17.1 Å². The summed E-state index contributed by atoms with van der Waals surface area (Å²) >= 11 is 11.4. The smallest absolute Gasteiger partial charge is 0.299 e. The standard InChI is InChI=1S/C14H18Cl2N4O6/c15-2-5-18(6-3-16)12-8-10(14(22)17-4-1-7-21)11(19(23)24)9-13(12)20(25)26/h8-9,21H,1-7H2,(H,17,22). The number of aliphatic hydroxyl groups excluding tert-OH is 1. The molecule has 0 bridgehead atoms. The molecule has 0 unspecified atom stereocenters. The monoisotopic (exact) mass is 408 g/mol. The molecule has 0 radical (unpaired) electrons. The van der Waals surface area contributed by atoms with Crippen molar-refractivity contribution in [2.45, 2.75) is 6.42 Å². The van der Waals surface area contributed by atoms with E-state index in [0.717, 1.165) is 12.1 Å². The molecular formula is C14H18Cl2N4O6. The van der Waals surface area contributed by atoms with Crippen molar-refractivity contribution in [3.8, 4) is 0 Å². The lowest BCUT2D eigenvalue weighted by atomic mass is 10.1. The minimum absolute atomic E-state index is 0.0224. The maximum Gasteiger partial charge on any atom is 0.299 e. The van der Waals surface area contributed by atoms with Gasteiger partial charge in [-0.3, -0.25) is 25.0 Å². The van der Waals surface area contributed by atoms with E-state index in [1.54, 1.807) is 0 Å². The molecule has 0 saturated heterocycles. The highest BCUT2D eigenvalue weighted by Gasteiger charge is 2.30. The van der Waals surface area contributed by atoms with E-state index in [1.165, 1.54) is 4.90 Å². The largest absolute Gasteiger partial charge is 0.396 e. The van der Waals surface area contributed by atoms with Crippen LogP contribution < -0.4 is 10.2 Å². The molecule has 1 amide bonds. The number of nitro benzene ring substituents is 2. The van der Waals surface area contributed by atoms with Gasteiger partial charge < -0.3 is 15.3 Å². The van der Waals surface area contributed by atoms with E-state index in [-0.39, 0.29) is 55.7 Å². The Bertz CT molecular complexity index is 667. The second-order valence-electron chi connectivity index (χ2n) is 5.07. The van der Waals surface area contributed by atoms with Crippen LogP contribution in [0.25, 0.3) is 0 Å². The minimum atomic E-state index is -0.856. The fourth-order valence-electron chi connectivity index (χ4n) is 2.23. The molecule has 0 aliphatic rings. The Morgan fingerprint density at radius 1 is 1.12 bits per heavy atom. The van der Waals surface area contributed by atoms with E-state index in [9.17, 15) is 25.0 Å². The molecule has 10 nitrogen and oxygen atoms in total. The fourth-order valence-corrected chi connectivity index (χ4v) is 2.64. The summed E-state index contributed by atoms with van der Waals surface area (Å²) in [5.41, 5.74) is -1.49. The Labute approximate surface area is 159 Å². The first kappa shape index (κ1) is 21.9. The fraction of sp³-hybridized carbons (Fsp3) is 0.500. The van der Waals surface area contributed by atoms with Gasteiger partial charge in [0.15, 0.2) is 0 Å². The summed E-state index contributed by atoms with van der Waals surface area (Å²) < 4.78 is 0. The summed E-state index contributed by atoms with van der Waals surface area (Å²) in [6, 6.07) is 1.86. The number of hydrogen-bond acceptors (Lipinski definition) is 7.